The van der Waals surface area contributed by atoms with Crippen molar-refractivity contribution in [1.82, 2.24) is 9.97 Å². The van der Waals surface area contributed by atoms with E-state index < -0.39 is 0 Å². The highest BCUT2D eigenvalue weighted by molar-refractivity contribution is 5.59. The van der Waals surface area contributed by atoms with Crippen molar-refractivity contribution in [2.24, 2.45) is 5.73 Å². The first-order valence-corrected chi connectivity index (χ1v) is 6.22. The first-order chi connectivity index (χ1) is 9.63. The van der Waals surface area contributed by atoms with Gasteiger partial charge in [-0.3, -0.25) is 0 Å². The number of ether oxygens (including phenoxy) is 2. The van der Waals surface area contributed by atoms with Crippen molar-refractivity contribution in [2.75, 3.05) is 19.5 Å². The lowest BCUT2D eigenvalue weighted by Crippen LogP contribution is -2.09. The molecule has 1 heterocycles. The molecule has 1 atom stereocenters. The Morgan fingerprint density at radius 2 is 1.70 bits per heavy atom. The predicted octanol–water partition coefficient (Wildman–Crippen LogP) is 2.26. The Kier molecular flexibility index (Phi) is 4.37. The van der Waals surface area contributed by atoms with E-state index in [1.165, 1.54) is 0 Å². The van der Waals surface area contributed by atoms with Crippen molar-refractivity contribution in [3.05, 3.63) is 35.9 Å². The molecule has 0 saturated carbocycles. The molecule has 6 nitrogen and oxygen atoms in total. The molecule has 2 aromatic rings. The van der Waals surface area contributed by atoms with Gasteiger partial charge < -0.3 is 20.5 Å². The van der Waals surface area contributed by atoms with E-state index in [1.807, 2.05) is 31.2 Å². The molecule has 0 radical (unpaired) electrons. The third-order valence-electron chi connectivity index (χ3n) is 2.80. The van der Waals surface area contributed by atoms with Crippen molar-refractivity contribution in [2.45, 2.75) is 13.0 Å². The van der Waals surface area contributed by atoms with Gasteiger partial charge in [-0.15, -0.1) is 0 Å². The SMILES string of the molecule is COc1cc(OC)nc(Nc2ccccc2C(C)N)n1. The number of para-hydroxylation sites is 1. The number of benzene rings is 1. The molecule has 0 aliphatic carbocycles. The Morgan fingerprint density at radius 1 is 1.10 bits per heavy atom. The number of hydrogen-bond donors (Lipinski definition) is 2. The average molecular weight is 274 g/mol. The second-order valence-electron chi connectivity index (χ2n) is 4.28. The van der Waals surface area contributed by atoms with E-state index in [1.54, 1.807) is 20.3 Å². The highest BCUT2D eigenvalue weighted by atomic mass is 16.5. The predicted molar refractivity (Wildman–Crippen MR) is 77.5 cm³/mol. The highest BCUT2D eigenvalue weighted by Gasteiger charge is 2.10. The average Bonchev–Trinajstić information content (AvgIpc) is 2.47. The lowest BCUT2D eigenvalue weighted by Gasteiger charge is -2.14. The molecule has 0 spiro atoms. The quantitative estimate of drug-likeness (QED) is 0.870. The van der Waals surface area contributed by atoms with Crippen LogP contribution >= 0.6 is 0 Å². The summed E-state index contributed by atoms with van der Waals surface area (Å²) in [5, 5.41) is 3.14. The molecule has 0 amide bonds. The molecule has 2 rings (SSSR count). The summed E-state index contributed by atoms with van der Waals surface area (Å²) in [5.74, 6) is 1.25. The number of nitrogens with one attached hydrogen (secondary N) is 1. The fourth-order valence-corrected chi connectivity index (χ4v) is 1.80. The minimum absolute atomic E-state index is 0.0915. The summed E-state index contributed by atoms with van der Waals surface area (Å²) in [6.45, 7) is 1.92. The van der Waals surface area contributed by atoms with Gasteiger partial charge in [-0.25, -0.2) is 0 Å². The van der Waals surface area contributed by atoms with Gasteiger partial charge in [-0.2, -0.15) is 9.97 Å². The maximum Gasteiger partial charge on any atom is 0.233 e. The summed E-state index contributed by atoms with van der Waals surface area (Å²) in [5.41, 5.74) is 7.79. The summed E-state index contributed by atoms with van der Waals surface area (Å²) in [7, 11) is 3.09. The van der Waals surface area contributed by atoms with Crippen LogP contribution in [0.1, 0.15) is 18.5 Å². The molecule has 6 heteroatoms. The molecule has 0 saturated heterocycles. The smallest absolute Gasteiger partial charge is 0.233 e. The third kappa shape index (κ3) is 3.16. The zero-order chi connectivity index (χ0) is 14.5. The Hall–Kier alpha value is -2.34. The Bertz CT molecular complexity index is 565. The van der Waals surface area contributed by atoms with Crippen LogP contribution in [0, 0.1) is 0 Å². The van der Waals surface area contributed by atoms with Crippen molar-refractivity contribution in [3.8, 4) is 11.8 Å². The van der Waals surface area contributed by atoms with Crippen LogP contribution in [-0.2, 0) is 0 Å². The second-order valence-corrected chi connectivity index (χ2v) is 4.28. The molecule has 20 heavy (non-hydrogen) atoms. The van der Waals surface area contributed by atoms with E-state index in [2.05, 4.69) is 15.3 Å². The number of methoxy groups -OCH3 is 2. The molecule has 1 aromatic carbocycles. The lowest BCUT2D eigenvalue weighted by atomic mass is 10.1. The molecule has 1 aromatic heterocycles. The summed E-state index contributed by atoms with van der Waals surface area (Å²) < 4.78 is 10.2. The van der Waals surface area contributed by atoms with Gasteiger partial charge >= 0.3 is 0 Å². The molecular weight excluding hydrogens is 256 g/mol. The maximum atomic E-state index is 5.95. The Balaban J connectivity index is 2.34. The van der Waals surface area contributed by atoms with Gasteiger partial charge in [0.2, 0.25) is 17.7 Å². The minimum Gasteiger partial charge on any atom is -0.481 e. The fourth-order valence-electron chi connectivity index (χ4n) is 1.80. The summed E-state index contributed by atoms with van der Waals surface area (Å²) in [4.78, 5) is 8.46. The Morgan fingerprint density at radius 3 is 2.25 bits per heavy atom. The van der Waals surface area contributed by atoms with Crippen LogP contribution in [0.2, 0.25) is 0 Å². The van der Waals surface area contributed by atoms with E-state index in [4.69, 9.17) is 15.2 Å². The van der Waals surface area contributed by atoms with Gasteiger partial charge in [0, 0.05) is 11.7 Å². The van der Waals surface area contributed by atoms with Gasteiger partial charge in [-0.1, -0.05) is 18.2 Å². The molecule has 1 unspecified atom stereocenters. The van der Waals surface area contributed by atoms with Gasteiger partial charge in [-0.05, 0) is 18.6 Å². The van der Waals surface area contributed by atoms with Crippen molar-refractivity contribution in [3.63, 3.8) is 0 Å². The number of rotatable bonds is 5. The Labute approximate surface area is 118 Å². The second kappa shape index (κ2) is 6.21. The highest BCUT2D eigenvalue weighted by Crippen LogP contribution is 2.25. The molecule has 0 bridgehead atoms. The van der Waals surface area contributed by atoms with Crippen LogP contribution < -0.4 is 20.5 Å². The van der Waals surface area contributed by atoms with E-state index >= 15 is 0 Å². The van der Waals surface area contributed by atoms with E-state index in [-0.39, 0.29) is 6.04 Å². The molecule has 0 fully saturated rings. The molecule has 106 valence electrons. The monoisotopic (exact) mass is 274 g/mol. The molecule has 3 N–H and O–H groups in total. The fraction of sp³-hybridized carbons (Fsp3) is 0.286. The van der Waals surface area contributed by atoms with Crippen LogP contribution in [0.15, 0.2) is 30.3 Å². The molecule has 0 aliphatic heterocycles. The number of anilines is 2. The normalized spacial score (nSPS) is 11.8. The lowest BCUT2D eigenvalue weighted by molar-refractivity contribution is 0.373. The van der Waals surface area contributed by atoms with Gasteiger partial charge in [0.1, 0.15) is 0 Å². The van der Waals surface area contributed by atoms with Crippen LogP contribution in [0.5, 0.6) is 11.8 Å². The number of hydrogen-bond acceptors (Lipinski definition) is 6. The first-order valence-electron chi connectivity index (χ1n) is 6.22. The summed E-state index contributed by atoms with van der Waals surface area (Å²) >= 11 is 0. The summed E-state index contributed by atoms with van der Waals surface area (Å²) in [6.07, 6.45) is 0. The maximum absolute atomic E-state index is 5.95. The molecular formula is C14H18N4O2. The van der Waals surface area contributed by atoms with E-state index in [0.29, 0.717) is 17.7 Å². The van der Waals surface area contributed by atoms with Crippen LogP contribution in [0.4, 0.5) is 11.6 Å². The number of nitrogens with zero attached hydrogens (tertiary/aromatic N) is 2. The number of nitrogens with two attached hydrogens (primary N) is 1. The van der Waals surface area contributed by atoms with Crippen molar-refractivity contribution >= 4 is 11.6 Å². The van der Waals surface area contributed by atoms with Crippen LogP contribution in [-0.4, -0.2) is 24.2 Å². The van der Waals surface area contributed by atoms with E-state index in [0.717, 1.165) is 11.3 Å². The third-order valence-corrected chi connectivity index (χ3v) is 2.80. The zero-order valence-corrected chi connectivity index (χ0v) is 11.8. The van der Waals surface area contributed by atoms with Crippen LogP contribution in [0.25, 0.3) is 0 Å². The summed E-state index contributed by atoms with van der Waals surface area (Å²) in [6, 6.07) is 9.27. The molecule has 0 aliphatic rings. The van der Waals surface area contributed by atoms with Gasteiger partial charge in [0.15, 0.2) is 0 Å². The van der Waals surface area contributed by atoms with E-state index in [9.17, 15) is 0 Å². The van der Waals surface area contributed by atoms with Crippen LogP contribution in [0.3, 0.4) is 0 Å². The standard InChI is InChI=1S/C14H18N4O2/c1-9(15)10-6-4-5-7-11(10)16-14-17-12(19-2)8-13(18-14)20-3/h4-9H,15H2,1-3H3,(H,16,17,18). The van der Waals surface area contributed by atoms with Gasteiger partial charge in [0.25, 0.3) is 0 Å². The van der Waals surface area contributed by atoms with Crippen molar-refractivity contribution in [1.29, 1.82) is 0 Å². The largest absolute Gasteiger partial charge is 0.481 e. The topological polar surface area (TPSA) is 82.3 Å². The van der Waals surface area contributed by atoms with Gasteiger partial charge in [0.05, 0.1) is 20.3 Å². The zero-order valence-electron chi connectivity index (χ0n) is 11.8. The first kappa shape index (κ1) is 14.1. The number of aromatic nitrogens is 2. The minimum atomic E-state index is -0.0915. The van der Waals surface area contributed by atoms with Crippen molar-refractivity contribution < 1.29 is 9.47 Å².